The lowest BCUT2D eigenvalue weighted by atomic mass is 10.0. The van der Waals surface area contributed by atoms with Crippen LogP contribution in [-0.2, 0) is 11.3 Å². The van der Waals surface area contributed by atoms with Gasteiger partial charge in [0, 0.05) is 5.56 Å². The van der Waals surface area contributed by atoms with Gasteiger partial charge in [-0.3, -0.25) is 4.79 Å². The lowest BCUT2D eigenvalue weighted by molar-refractivity contribution is -0.113. The second kappa shape index (κ2) is 7.29. The van der Waals surface area contributed by atoms with E-state index in [1.54, 1.807) is 12.0 Å². The first-order valence-corrected chi connectivity index (χ1v) is 9.06. The van der Waals surface area contributed by atoms with Crippen LogP contribution in [0.5, 0.6) is 5.75 Å². The van der Waals surface area contributed by atoms with Crippen LogP contribution < -0.4 is 9.64 Å². The highest BCUT2D eigenvalue weighted by Gasteiger charge is 2.34. The van der Waals surface area contributed by atoms with E-state index in [1.165, 1.54) is 0 Å². The van der Waals surface area contributed by atoms with Crippen molar-refractivity contribution in [1.82, 2.24) is 0 Å². The number of nitrogens with zero attached hydrogens (tertiary/aromatic N) is 1. The summed E-state index contributed by atoms with van der Waals surface area (Å²) in [4.78, 5) is 15.1. The first-order chi connectivity index (χ1) is 13.2. The Labute approximate surface area is 163 Å². The monoisotopic (exact) mass is 375 g/mol. The van der Waals surface area contributed by atoms with E-state index >= 15 is 0 Å². The van der Waals surface area contributed by atoms with E-state index in [0.717, 1.165) is 28.1 Å². The van der Waals surface area contributed by atoms with E-state index in [4.69, 9.17) is 16.3 Å². The summed E-state index contributed by atoms with van der Waals surface area (Å²) in [5.74, 6) is 0.679. The van der Waals surface area contributed by atoms with Crippen molar-refractivity contribution in [2.45, 2.75) is 6.54 Å². The second-order valence-electron chi connectivity index (χ2n) is 6.31. The molecule has 3 nitrogen and oxygen atoms in total. The van der Waals surface area contributed by atoms with Crippen LogP contribution in [0.4, 0.5) is 5.69 Å². The Morgan fingerprint density at radius 1 is 0.963 bits per heavy atom. The molecule has 0 bridgehead atoms. The molecule has 3 aromatic carbocycles. The highest BCUT2D eigenvalue weighted by atomic mass is 35.5. The number of rotatable bonds is 4. The topological polar surface area (TPSA) is 29.5 Å². The molecule has 0 radical (unpaired) electrons. The molecule has 0 aromatic heterocycles. The number of carbonyl (C=O) groups is 1. The maximum absolute atomic E-state index is 13.3. The average molecular weight is 376 g/mol. The normalized spacial score (nSPS) is 14.9. The fraction of sp³-hybridized carbons (Fsp3) is 0.0870. The summed E-state index contributed by atoms with van der Waals surface area (Å²) in [6.45, 7) is 0.454. The van der Waals surface area contributed by atoms with Crippen molar-refractivity contribution < 1.29 is 9.53 Å². The Bertz CT molecular complexity index is 1030. The van der Waals surface area contributed by atoms with Gasteiger partial charge in [0.15, 0.2) is 0 Å². The van der Waals surface area contributed by atoms with Crippen LogP contribution in [0.25, 0.3) is 10.6 Å². The predicted octanol–water partition coefficient (Wildman–Crippen LogP) is 5.35. The van der Waals surface area contributed by atoms with Gasteiger partial charge in [0.05, 0.1) is 29.9 Å². The SMILES string of the molecule is COc1cccc(CN2C(=O)/C(=C(/Cl)c3ccccc3)c3ccccc32)c1. The third kappa shape index (κ3) is 3.22. The van der Waals surface area contributed by atoms with E-state index in [9.17, 15) is 4.79 Å². The van der Waals surface area contributed by atoms with E-state index in [0.29, 0.717) is 17.2 Å². The first kappa shape index (κ1) is 17.4. The molecule has 1 aliphatic heterocycles. The Balaban J connectivity index is 1.78. The van der Waals surface area contributed by atoms with E-state index in [-0.39, 0.29) is 5.91 Å². The number of methoxy groups -OCH3 is 1. The predicted molar refractivity (Wildman–Crippen MR) is 110 cm³/mol. The fourth-order valence-electron chi connectivity index (χ4n) is 3.33. The molecule has 1 amide bonds. The maximum Gasteiger partial charge on any atom is 0.260 e. The highest BCUT2D eigenvalue weighted by molar-refractivity contribution is 6.59. The van der Waals surface area contributed by atoms with Crippen molar-refractivity contribution in [3.05, 3.63) is 95.6 Å². The number of fused-ring (bicyclic) bond motifs is 1. The molecule has 3 aromatic rings. The molecule has 0 aliphatic carbocycles. The van der Waals surface area contributed by atoms with E-state index in [2.05, 4.69) is 0 Å². The largest absolute Gasteiger partial charge is 0.497 e. The van der Waals surface area contributed by atoms with Crippen LogP contribution in [0.3, 0.4) is 0 Å². The molecule has 0 N–H and O–H groups in total. The molecule has 1 heterocycles. The first-order valence-electron chi connectivity index (χ1n) is 8.68. The standard InChI is InChI=1S/C23H18ClNO2/c1-27-18-11-7-8-16(14-18)15-25-20-13-6-5-12-19(20)21(23(25)26)22(24)17-9-3-2-4-10-17/h2-14H,15H2,1H3/b22-21+. The van der Waals surface area contributed by atoms with Gasteiger partial charge in [0.1, 0.15) is 5.75 Å². The minimum atomic E-state index is -0.0899. The molecule has 0 fully saturated rings. The second-order valence-corrected chi connectivity index (χ2v) is 6.69. The summed E-state index contributed by atoms with van der Waals surface area (Å²) >= 11 is 6.66. The van der Waals surface area contributed by atoms with Gasteiger partial charge in [0.25, 0.3) is 5.91 Å². The number of anilines is 1. The van der Waals surface area contributed by atoms with Crippen molar-refractivity contribution in [3.8, 4) is 5.75 Å². The van der Waals surface area contributed by atoms with Gasteiger partial charge in [-0.1, -0.05) is 72.3 Å². The number of halogens is 1. The van der Waals surface area contributed by atoms with Gasteiger partial charge in [-0.05, 0) is 29.3 Å². The summed E-state index contributed by atoms with van der Waals surface area (Å²) in [7, 11) is 1.63. The summed E-state index contributed by atoms with van der Waals surface area (Å²) in [6, 6.07) is 25.1. The van der Waals surface area contributed by atoms with Crippen molar-refractivity contribution in [2.75, 3.05) is 12.0 Å². The minimum Gasteiger partial charge on any atom is -0.497 e. The van der Waals surface area contributed by atoms with Crippen molar-refractivity contribution in [3.63, 3.8) is 0 Å². The number of ether oxygens (including phenoxy) is 1. The lowest BCUT2D eigenvalue weighted by Crippen LogP contribution is -2.25. The Hall–Kier alpha value is -3.04. The fourth-order valence-corrected chi connectivity index (χ4v) is 3.64. The van der Waals surface area contributed by atoms with Crippen LogP contribution in [0.15, 0.2) is 78.9 Å². The smallest absolute Gasteiger partial charge is 0.260 e. The zero-order valence-electron chi connectivity index (χ0n) is 14.9. The Morgan fingerprint density at radius 2 is 1.70 bits per heavy atom. The molecule has 4 rings (SSSR count). The molecule has 0 unspecified atom stereocenters. The van der Waals surface area contributed by atoms with Crippen LogP contribution in [-0.4, -0.2) is 13.0 Å². The van der Waals surface area contributed by atoms with Gasteiger partial charge < -0.3 is 9.64 Å². The van der Waals surface area contributed by atoms with Gasteiger partial charge in [-0.15, -0.1) is 0 Å². The molecule has 134 valence electrons. The number of carbonyl (C=O) groups excluding carboxylic acids is 1. The quantitative estimate of drug-likeness (QED) is 0.575. The number of benzene rings is 3. The Morgan fingerprint density at radius 3 is 2.48 bits per heavy atom. The highest BCUT2D eigenvalue weighted by Crippen LogP contribution is 2.42. The van der Waals surface area contributed by atoms with Gasteiger partial charge in [0.2, 0.25) is 0 Å². The summed E-state index contributed by atoms with van der Waals surface area (Å²) in [6.07, 6.45) is 0. The van der Waals surface area contributed by atoms with Crippen LogP contribution >= 0.6 is 11.6 Å². The summed E-state index contributed by atoms with van der Waals surface area (Å²) in [5.41, 5.74) is 4.10. The zero-order valence-corrected chi connectivity index (χ0v) is 15.6. The summed E-state index contributed by atoms with van der Waals surface area (Å²) < 4.78 is 5.30. The van der Waals surface area contributed by atoms with Crippen LogP contribution in [0, 0.1) is 0 Å². The molecular weight excluding hydrogens is 358 g/mol. The zero-order chi connectivity index (χ0) is 18.8. The van der Waals surface area contributed by atoms with Crippen molar-refractivity contribution in [1.29, 1.82) is 0 Å². The third-order valence-corrected chi connectivity index (χ3v) is 5.05. The minimum absolute atomic E-state index is 0.0899. The van der Waals surface area contributed by atoms with Gasteiger partial charge in [-0.25, -0.2) is 0 Å². The molecule has 4 heteroatoms. The van der Waals surface area contributed by atoms with Crippen molar-refractivity contribution >= 4 is 33.8 Å². The van der Waals surface area contributed by atoms with Crippen molar-refractivity contribution in [2.24, 2.45) is 0 Å². The van der Waals surface area contributed by atoms with E-state index in [1.807, 2.05) is 78.9 Å². The molecule has 0 saturated heterocycles. The Kier molecular flexibility index (Phi) is 4.69. The number of hydrogen-bond acceptors (Lipinski definition) is 2. The number of para-hydroxylation sites is 1. The van der Waals surface area contributed by atoms with Gasteiger partial charge in [-0.2, -0.15) is 0 Å². The molecule has 0 atom stereocenters. The molecule has 0 spiro atoms. The third-order valence-electron chi connectivity index (χ3n) is 4.64. The molecular formula is C23H18ClNO2. The lowest BCUT2D eigenvalue weighted by Gasteiger charge is -2.17. The maximum atomic E-state index is 13.3. The number of hydrogen-bond donors (Lipinski definition) is 0. The van der Waals surface area contributed by atoms with E-state index < -0.39 is 0 Å². The van der Waals surface area contributed by atoms with Gasteiger partial charge >= 0.3 is 0 Å². The molecule has 1 aliphatic rings. The van der Waals surface area contributed by atoms with Crippen LogP contribution in [0.1, 0.15) is 16.7 Å². The summed E-state index contributed by atoms with van der Waals surface area (Å²) in [5, 5.41) is 0.473. The van der Waals surface area contributed by atoms with Crippen LogP contribution in [0.2, 0.25) is 0 Å². The number of amides is 1. The average Bonchev–Trinajstić information content (AvgIpc) is 3.00. The molecule has 27 heavy (non-hydrogen) atoms. The molecule has 0 saturated carbocycles.